The fourth-order valence-corrected chi connectivity index (χ4v) is 2.85. The third kappa shape index (κ3) is 3.08. The summed E-state index contributed by atoms with van der Waals surface area (Å²) in [6.45, 7) is 3.19. The lowest BCUT2D eigenvalue weighted by Crippen LogP contribution is -2.44. The van der Waals surface area contributed by atoms with E-state index in [9.17, 15) is 14.7 Å². The van der Waals surface area contributed by atoms with Crippen molar-refractivity contribution in [3.05, 3.63) is 34.4 Å². The largest absolute Gasteiger partial charge is 0.476 e. The van der Waals surface area contributed by atoms with Gasteiger partial charge in [-0.1, -0.05) is 0 Å². The Hall–Kier alpha value is -3.47. The van der Waals surface area contributed by atoms with E-state index < -0.39 is 5.97 Å². The van der Waals surface area contributed by atoms with Crippen LogP contribution in [0.2, 0.25) is 0 Å². The van der Waals surface area contributed by atoms with Crippen molar-refractivity contribution >= 4 is 23.1 Å². The fourth-order valence-electron chi connectivity index (χ4n) is 2.85. The number of aromatic nitrogens is 5. The molecule has 3 aromatic heterocycles. The third-order valence-electron chi connectivity index (χ3n) is 4.27. The van der Waals surface area contributed by atoms with Crippen LogP contribution < -0.4 is 20.5 Å². The van der Waals surface area contributed by atoms with Crippen LogP contribution in [0.1, 0.15) is 10.5 Å². The van der Waals surface area contributed by atoms with Gasteiger partial charge in [-0.05, 0) is 12.1 Å². The molecule has 0 bridgehead atoms. The van der Waals surface area contributed by atoms with Gasteiger partial charge in [-0.3, -0.25) is 9.36 Å². The van der Waals surface area contributed by atoms with Gasteiger partial charge in [0.15, 0.2) is 22.6 Å². The number of hydrogen-bond donors (Lipinski definition) is 3. The highest BCUT2D eigenvalue weighted by Crippen LogP contribution is 2.23. The summed E-state index contributed by atoms with van der Waals surface area (Å²) < 4.78 is 6.77. The first-order valence-corrected chi connectivity index (χ1v) is 8.33. The van der Waals surface area contributed by atoms with Crippen molar-refractivity contribution in [2.45, 2.75) is 0 Å². The molecule has 11 heteroatoms. The zero-order valence-electron chi connectivity index (χ0n) is 14.5. The number of carboxylic acids is 1. The number of nitrogens with zero attached hydrogens (tertiary/aromatic N) is 5. The molecule has 3 aromatic rings. The lowest BCUT2D eigenvalue weighted by atomic mass is 10.3. The maximum Gasteiger partial charge on any atom is 0.358 e. The van der Waals surface area contributed by atoms with Crippen LogP contribution in [0.4, 0.5) is 5.95 Å². The van der Waals surface area contributed by atoms with E-state index >= 15 is 0 Å². The van der Waals surface area contributed by atoms with Gasteiger partial charge >= 0.3 is 12.0 Å². The summed E-state index contributed by atoms with van der Waals surface area (Å²) >= 11 is 0. The molecule has 27 heavy (non-hydrogen) atoms. The molecule has 0 radical (unpaired) electrons. The van der Waals surface area contributed by atoms with Gasteiger partial charge in [0.1, 0.15) is 0 Å². The number of nitrogens with one attached hydrogen (secondary N) is 2. The minimum atomic E-state index is -1.24. The van der Waals surface area contributed by atoms with Crippen LogP contribution in [0.15, 0.2) is 23.1 Å². The number of H-pyrrole nitrogens is 1. The maximum atomic E-state index is 12.7. The quantitative estimate of drug-likeness (QED) is 0.576. The second-order valence-corrected chi connectivity index (χ2v) is 6.01. The number of fused-ring (bicyclic) bond motifs is 1. The average Bonchev–Trinajstić information content (AvgIpc) is 3.11. The third-order valence-corrected chi connectivity index (χ3v) is 4.27. The van der Waals surface area contributed by atoms with Crippen molar-refractivity contribution in [2.75, 3.05) is 31.1 Å². The molecule has 1 aliphatic rings. The Balaban J connectivity index is 1.75. The van der Waals surface area contributed by atoms with E-state index in [0.29, 0.717) is 5.95 Å². The van der Waals surface area contributed by atoms with Gasteiger partial charge in [0.2, 0.25) is 5.95 Å². The molecule has 140 valence electrons. The summed E-state index contributed by atoms with van der Waals surface area (Å²) in [7, 11) is 1.49. The van der Waals surface area contributed by atoms with Crippen molar-refractivity contribution in [3.63, 3.8) is 0 Å². The number of rotatable bonds is 4. The van der Waals surface area contributed by atoms with Gasteiger partial charge in [-0.25, -0.2) is 9.78 Å². The van der Waals surface area contributed by atoms with Gasteiger partial charge < -0.3 is 25.0 Å². The number of anilines is 1. The van der Waals surface area contributed by atoms with Crippen LogP contribution in [0.5, 0.6) is 11.8 Å². The molecule has 1 aliphatic heterocycles. The molecular formula is C16H17N7O4. The Kier molecular flexibility index (Phi) is 4.20. The molecule has 4 rings (SSSR count). The van der Waals surface area contributed by atoms with E-state index in [-0.39, 0.29) is 34.2 Å². The minimum Gasteiger partial charge on any atom is -0.476 e. The van der Waals surface area contributed by atoms with Crippen molar-refractivity contribution in [2.24, 2.45) is 7.05 Å². The van der Waals surface area contributed by atoms with Crippen molar-refractivity contribution in [3.8, 4) is 11.8 Å². The summed E-state index contributed by atoms with van der Waals surface area (Å²) in [5.74, 6) is -0.678. The Morgan fingerprint density at radius 3 is 2.81 bits per heavy atom. The molecule has 4 heterocycles. The van der Waals surface area contributed by atoms with Crippen LogP contribution in [-0.2, 0) is 7.05 Å². The molecule has 0 aliphatic carbocycles. The number of carbonyl (C=O) groups is 1. The van der Waals surface area contributed by atoms with Gasteiger partial charge in [0.25, 0.3) is 5.56 Å². The molecule has 0 amide bonds. The lowest BCUT2D eigenvalue weighted by molar-refractivity contribution is 0.0687. The molecule has 0 saturated carbocycles. The zero-order valence-corrected chi connectivity index (χ0v) is 14.5. The Morgan fingerprint density at radius 2 is 2.07 bits per heavy atom. The highest BCUT2D eigenvalue weighted by atomic mass is 16.5. The second kappa shape index (κ2) is 6.68. The first-order chi connectivity index (χ1) is 13.0. The molecule has 1 fully saturated rings. The van der Waals surface area contributed by atoms with Crippen molar-refractivity contribution in [1.82, 2.24) is 29.8 Å². The Morgan fingerprint density at radius 1 is 1.30 bits per heavy atom. The van der Waals surface area contributed by atoms with Crippen LogP contribution in [0, 0.1) is 0 Å². The van der Waals surface area contributed by atoms with Crippen molar-refractivity contribution < 1.29 is 14.6 Å². The van der Waals surface area contributed by atoms with Crippen molar-refractivity contribution in [1.29, 1.82) is 0 Å². The summed E-state index contributed by atoms with van der Waals surface area (Å²) in [5.41, 5.74) is -0.162. The van der Waals surface area contributed by atoms with E-state index in [2.05, 4.69) is 25.3 Å². The zero-order chi connectivity index (χ0) is 19.0. The smallest absolute Gasteiger partial charge is 0.358 e. The highest BCUT2D eigenvalue weighted by molar-refractivity contribution is 5.88. The number of hydrogen-bond acceptors (Lipinski definition) is 8. The number of ether oxygens (including phenoxy) is 1. The summed E-state index contributed by atoms with van der Waals surface area (Å²) in [4.78, 5) is 41.5. The van der Waals surface area contributed by atoms with Crippen LogP contribution in [-0.4, -0.2) is 61.8 Å². The predicted octanol–water partition coefficient (Wildman–Crippen LogP) is -0.0483. The number of imidazole rings is 1. The number of piperazine rings is 1. The van der Waals surface area contributed by atoms with Gasteiger partial charge in [0, 0.05) is 39.4 Å². The number of pyridine rings is 1. The summed E-state index contributed by atoms with van der Waals surface area (Å²) in [6.07, 6.45) is 1.35. The molecular weight excluding hydrogens is 354 g/mol. The van der Waals surface area contributed by atoms with Crippen LogP contribution >= 0.6 is 0 Å². The van der Waals surface area contributed by atoms with E-state index in [0.717, 1.165) is 26.2 Å². The molecule has 0 atom stereocenters. The first kappa shape index (κ1) is 17.0. The maximum absolute atomic E-state index is 12.7. The molecule has 3 N–H and O–H groups in total. The minimum absolute atomic E-state index is 0.00952. The van der Waals surface area contributed by atoms with Gasteiger partial charge in [-0.15, -0.1) is 0 Å². The standard InChI is InChI=1S/C16H17N7O4/c1-22-13(24)11-12(20-15(19-11)23-7-5-17-6-8-23)21-16(22)27-9-3-2-4-18-10(9)14(25)26/h2-4,17H,5-8H2,1H3,(H,19,20)(H,25,26). The molecule has 11 nitrogen and oxygen atoms in total. The summed E-state index contributed by atoms with van der Waals surface area (Å²) in [5, 5.41) is 12.5. The van der Waals surface area contributed by atoms with E-state index in [1.165, 1.54) is 29.9 Å². The Bertz CT molecular complexity index is 1070. The summed E-state index contributed by atoms with van der Waals surface area (Å²) in [6, 6.07) is 2.92. The van der Waals surface area contributed by atoms with Crippen LogP contribution in [0.25, 0.3) is 11.2 Å². The fraction of sp³-hybridized carbons (Fsp3) is 0.312. The Labute approximate surface area is 152 Å². The topological polar surface area (TPSA) is 138 Å². The van der Waals surface area contributed by atoms with E-state index in [4.69, 9.17) is 4.74 Å². The average molecular weight is 371 g/mol. The van der Waals surface area contributed by atoms with E-state index in [1.54, 1.807) is 0 Å². The highest BCUT2D eigenvalue weighted by Gasteiger charge is 2.20. The normalized spacial score (nSPS) is 14.5. The lowest BCUT2D eigenvalue weighted by Gasteiger charge is -2.26. The SMILES string of the molecule is Cn1c(Oc2cccnc2C(=O)O)nc2nc(N3CCNCC3)[nH]c2c1=O. The molecule has 1 saturated heterocycles. The number of aromatic amines is 1. The number of aromatic carboxylic acids is 1. The monoisotopic (exact) mass is 371 g/mol. The second-order valence-electron chi connectivity index (χ2n) is 6.01. The van der Waals surface area contributed by atoms with E-state index in [1.807, 2.05) is 4.90 Å². The first-order valence-electron chi connectivity index (χ1n) is 8.33. The predicted molar refractivity (Wildman–Crippen MR) is 95.5 cm³/mol. The molecule has 0 aromatic carbocycles. The number of carboxylic acid groups (broad SMARTS) is 1. The van der Waals surface area contributed by atoms with Crippen LogP contribution in [0.3, 0.4) is 0 Å². The molecule has 0 unspecified atom stereocenters. The van der Waals surface area contributed by atoms with Gasteiger partial charge in [0.05, 0.1) is 0 Å². The van der Waals surface area contributed by atoms with Gasteiger partial charge in [-0.2, -0.15) is 9.97 Å². The molecule has 0 spiro atoms.